The normalized spacial score (nSPS) is 18.1. The van der Waals surface area contributed by atoms with Crippen molar-refractivity contribution >= 4 is 39.3 Å². The number of benzene rings is 1. The Labute approximate surface area is 163 Å². The van der Waals surface area contributed by atoms with Crippen LogP contribution in [-0.2, 0) is 24.2 Å². The number of thioether (sulfide) groups is 1. The molecule has 1 aliphatic rings. The number of ketones is 1. The van der Waals surface area contributed by atoms with Crippen LogP contribution in [0.25, 0.3) is 0 Å². The van der Waals surface area contributed by atoms with Crippen molar-refractivity contribution in [3.8, 4) is 0 Å². The highest BCUT2D eigenvalue weighted by atomic mass is 32.2. The molecule has 1 aliphatic heterocycles. The molecule has 0 unspecified atom stereocenters. The van der Waals surface area contributed by atoms with E-state index >= 15 is 0 Å². The maximum Gasteiger partial charge on any atom is 0.339 e. The number of amides is 1. The molecule has 0 aromatic heterocycles. The lowest BCUT2D eigenvalue weighted by Crippen LogP contribution is -2.43. The van der Waals surface area contributed by atoms with Crippen LogP contribution in [0.1, 0.15) is 30.6 Å². The predicted molar refractivity (Wildman–Crippen MR) is 103 cm³/mol. The third-order valence-corrected chi connectivity index (χ3v) is 7.14. The lowest BCUT2D eigenvalue weighted by atomic mass is 10.2. The number of carbonyl (C=O) groups is 3. The quantitative estimate of drug-likeness (QED) is 0.471. The lowest BCUT2D eigenvalue weighted by Gasteiger charge is -2.26. The monoisotopic (exact) mass is 413 g/mol. The van der Waals surface area contributed by atoms with E-state index in [1.807, 2.05) is 0 Å². The van der Waals surface area contributed by atoms with Gasteiger partial charge in [0.25, 0.3) is 5.91 Å². The SMILES string of the molecule is CCN(C(=O)COC(=O)c1ccccc1SCC(C)=O)[C@@H]1CCS(=O)(=O)C1. The molecule has 1 aromatic carbocycles. The van der Waals surface area contributed by atoms with E-state index in [1.54, 1.807) is 31.2 Å². The van der Waals surface area contributed by atoms with Gasteiger partial charge in [0.2, 0.25) is 0 Å². The molecule has 0 bridgehead atoms. The summed E-state index contributed by atoms with van der Waals surface area (Å²) in [6.45, 7) is 3.13. The number of likely N-dealkylation sites (N-methyl/N-ethyl adjacent to an activating group) is 1. The van der Waals surface area contributed by atoms with Crippen molar-refractivity contribution in [2.24, 2.45) is 0 Å². The largest absolute Gasteiger partial charge is 0.452 e. The Morgan fingerprint density at radius 2 is 1.96 bits per heavy atom. The van der Waals surface area contributed by atoms with Crippen LogP contribution in [0.4, 0.5) is 0 Å². The van der Waals surface area contributed by atoms with Crippen molar-refractivity contribution < 1.29 is 27.5 Å². The van der Waals surface area contributed by atoms with E-state index in [9.17, 15) is 22.8 Å². The first kappa shape index (κ1) is 21.4. The first-order valence-electron chi connectivity index (χ1n) is 8.61. The summed E-state index contributed by atoms with van der Waals surface area (Å²) in [5.41, 5.74) is 0.294. The molecule has 1 atom stereocenters. The van der Waals surface area contributed by atoms with Crippen LogP contribution < -0.4 is 0 Å². The number of esters is 1. The topological polar surface area (TPSA) is 97.8 Å². The van der Waals surface area contributed by atoms with Crippen LogP contribution in [0.5, 0.6) is 0 Å². The van der Waals surface area contributed by atoms with Crippen molar-refractivity contribution in [2.75, 3.05) is 30.4 Å². The summed E-state index contributed by atoms with van der Waals surface area (Å²) in [5.74, 6) is -0.814. The Balaban J connectivity index is 1.98. The number of rotatable bonds is 8. The summed E-state index contributed by atoms with van der Waals surface area (Å²) in [7, 11) is -3.11. The molecule has 1 heterocycles. The molecular formula is C18H23NO6S2. The molecule has 0 spiro atoms. The summed E-state index contributed by atoms with van der Waals surface area (Å²) >= 11 is 1.24. The average molecular weight is 414 g/mol. The number of ether oxygens (including phenoxy) is 1. The van der Waals surface area contributed by atoms with Gasteiger partial charge < -0.3 is 9.64 Å². The molecule has 1 aromatic rings. The second-order valence-electron chi connectivity index (χ2n) is 6.30. The van der Waals surface area contributed by atoms with Gasteiger partial charge in [0, 0.05) is 17.5 Å². The van der Waals surface area contributed by atoms with E-state index in [2.05, 4.69) is 0 Å². The van der Waals surface area contributed by atoms with Crippen LogP contribution in [0.3, 0.4) is 0 Å². The van der Waals surface area contributed by atoms with Crippen molar-refractivity contribution in [1.82, 2.24) is 4.90 Å². The van der Waals surface area contributed by atoms with Crippen molar-refractivity contribution in [1.29, 1.82) is 0 Å². The molecule has 1 fully saturated rings. The summed E-state index contributed by atoms with van der Waals surface area (Å²) in [5, 5.41) is 0. The zero-order valence-corrected chi connectivity index (χ0v) is 17.0. The summed E-state index contributed by atoms with van der Waals surface area (Å²) < 4.78 is 28.4. The molecule has 0 radical (unpaired) electrons. The van der Waals surface area contributed by atoms with Crippen LogP contribution in [0.2, 0.25) is 0 Å². The first-order chi connectivity index (χ1) is 12.7. The fraction of sp³-hybridized carbons (Fsp3) is 0.500. The molecule has 0 N–H and O–H groups in total. The Hall–Kier alpha value is -1.87. The van der Waals surface area contributed by atoms with Crippen molar-refractivity contribution in [2.45, 2.75) is 31.2 Å². The van der Waals surface area contributed by atoms with Crippen LogP contribution >= 0.6 is 11.8 Å². The molecule has 9 heteroatoms. The summed E-state index contributed by atoms with van der Waals surface area (Å²) in [6.07, 6.45) is 0.403. The highest BCUT2D eigenvalue weighted by molar-refractivity contribution is 8.00. The fourth-order valence-corrected chi connectivity index (χ4v) is 5.46. The molecular weight excluding hydrogens is 390 g/mol. The number of nitrogens with zero attached hydrogens (tertiary/aromatic N) is 1. The lowest BCUT2D eigenvalue weighted by molar-refractivity contribution is -0.136. The van der Waals surface area contributed by atoms with Gasteiger partial charge in [0.05, 0.1) is 22.8 Å². The van der Waals surface area contributed by atoms with E-state index in [-0.39, 0.29) is 29.1 Å². The fourth-order valence-electron chi connectivity index (χ4n) is 2.89. The van der Waals surface area contributed by atoms with Crippen molar-refractivity contribution in [3.63, 3.8) is 0 Å². The summed E-state index contributed by atoms with van der Waals surface area (Å²) in [4.78, 5) is 38.0. The van der Waals surface area contributed by atoms with Gasteiger partial charge in [-0.15, -0.1) is 11.8 Å². The summed E-state index contributed by atoms with van der Waals surface area (Å²) in [6, 6.07) is 6.36. The second-order valence-corrected chi connectivity index (χ2v) is 9.55. The third kappa shape index (κ3) is 6.07. The first-order valence-corrected chi connectivity index (χ1v) is 11.4. The molecule has 148 valence electrons. The molecule has 2 rings (SSSR count). The zero-order chi connectivity index (χ0) is 20.0. The number of Topliss-reactive ketones (excluding diaryl/α,β-unsaturated/α-hetero) is 1. The van der Waals surface area contributed by atoms with E-state index in [0.717, 1.165) is 0 Å². The van der Waals surface area contributed by atoms with Gasteiger partial charge in [-0.25, -0.2) is 13.2 Å². The standard InChI is InChI=1S/C18H23NO6S2/c1-3-19(14-8-9-27(23,24)12-14)17(21)10-25-18(22)15-6-4-5-7-16(15)26-11-13(2)20/h4-7,14H,3,8-12H2,1-2H3/t14-/m1/s1. The van der Waals surface area contributed by atoms with Crippen LogP contribution in [-0.4, -0.2) is 67.4 Å². The van der Waals surface area contributed by atoms with Gasteiger partial charge in [-0.1, -0.05) is 12.1 Å². The van der Waals surface area contributed by atoms with E-state index in [4.69, 9.17) is 4.74 Å². The Kier molecular flexibility index (Phi) is 7.43. The van der Waals surface area contributed by atoms with Gasteiger partial charge in [0.1, 0.15) is 5.78 Å². The van der Waals surface area contributed by atoms with Gasteiger partial charge in [0.15, 0.2) is 16.4 Å². The molecule has 27 heavy (non-hydrogen) atoms. The number of hydrogen-bond acceptors (Lipinski definition) is 7. The smallest absolute Gasteiger partial charge is 0.339 e. The van der Waals surface area contributed by atoms with E-state index in [1.165, 1.54) is 23.6 Å². The van der Waals surface area contributed by atoms with E-state index in [0.29, 0.717) is 23.4 Å². The minimum absolute atomic E-state index is 0.0107. The minimum Gasteiger partial charge on any atom is -0.452 e. The molecule has 7 nitrogen and oxygen atoms in total. The maximum atomic E-state index is 12.4. The van der Waals surface area contributed by atoms with Crippen molar-refractivity contribution in [3.05, 3.63) is 29.8 Å². The van der Waals surface area contributed by atoms with Gasteiger partial charge in [-0.2, -0.15) is 0 Å². The van der Waals surface area contributed by atoms with Gasteiger partial charge in [-0.05, 0) is 32.4 Å². The Morgan fingerprint density at radius 3 is 2.56 bits per heavy atom. The number of sulfone groups is 1. The van der Waals surface area contributed by atoms with Gasteiger partial charge in [-0.3, -0.25) is 9.59 Å². The zero-order valence-electron chi connectivity index (χ0n) is 15.3. The molecule has 0 aliphatic carbocycles. The third-order valence-electron chi connectivity index (χ3n) is 4.17. The highest BCUT2D eigenvalue weighted by Crippen LogP contribution is 2.23. The molecule has 0 saturated carbocycles. The minimum atomic E-state index is -3.11. The van der Waals surface area contributed by atoms with Crippen LogP contribution in [0, 0.1) is 0 Å². The molecule has 1 amide bonds. The average Bonchev–Trinajstić information content (AvgIpc) is 2.98. The number of hydrogen-bond donors (Lipinski definition) is 0. The van der Waals surface area contributed by atoms with E-state index < -0.39 is 28.3 Å². The Morgan fingerprint density at radius 1 is 1.26 bits per heavy atom. The second kappa shape index (κ2) is 9.36. The van der Waals surface area contributed by atoms with Gasteiger partial charge >= 0.3 is 5.97 Å². The maximum absolute atomic E-state index is 12.4. The highest BCUT2D eigenvalue weighted by Gasteiger charge is 2.34. The number of carbonyl (C=O) groups excluding carboxylic acids is 3. The predicted octanol–water partition coefficient (Wildman–Crippen LogP) is 1.56. The molecule has 1 saturated heterocycles. The Bertz CT molecular complexity index is 821. The van der Waals surface area contributed by atoms with Crippen LogP contribution in [0.15, 0.2) is 29.2 Å².